The number of nitrogens with zero attached hydrogens (tertiary/aromatic N) is 4. The molecular formula is C16H18ClN5OS. The molecule has 0 saturated heterocycles. The number of hydrazone groups is 1. The minimum Gasteiger partial charge on any atom is -0.363 e. The van der Waals surface area contributed by atoms with Gasteiger partial charge in [-0.25, -0.2) is 15.4 Å². The zero-order valence-electron chi connectivity index (χ0n) is 13.7. The molecule has 1 heterocycles. The number of hydrogen-bond acceptors (Lipinski definition) is 6. The number of thioether (sulfide) groups is 1. The monoisotopic (exact) mass is 363 g/mol. The van der Waals surface area contributed by atoms with Crippen LogP contribution in [-0.4, -0.2) is 41.9 Å². The zero-order valence-corrected chi connectivity index (χ0v) is 15.2. The summed E-state index contributed by atoms with van der Waals surface area (Å²) in [6, 6.07) is 9.04. The standard InChI is InChI=1S/C16H18ClN5OS/c1-11-8-14(22(2)3)20-16(19-11)24-10-15(23)21-18-9-12-4-6-13(17)7-5-12/h4-9H,10H2,1-3H3,(H,21,23). The van der Waals surface area contributed by atoms with Crippen LogP contribution in [-0.2, 0) is 4.79 Å². The van der Waals surface area contributed by atoms with Gasteiger partial charge in [-0.1, -0.05) is 35.5 Å². The Labute approximate surface area is 150 Å². The number of anilines is 1. The quantitative estimate of drug-likeness (QED) is 0.370. The summed E-state index contributed by atoms with van der Waals surface area (Å²) in [5, 5.41) is 5.14. The summed E-state index contributed by atoms with van der Waals surface area (Å²) in [6.45, 7) is 1.90. The SMILES string of the molecule is Cc1cc(N(C)C)nc(SCC(=O)NN=Cc2ccc(Cl)cc2)n1. The minimum atomic E-state index is -0.221. The number of aromatic nitrogens is 2. The molecular weight excluding hydrogens is 346 g/mol. The summed E-state index contributed by atoms with van der Waals surface area (Å²) in [7, 11) is 3.82. The first-order valence-corrected chi connectivity index (χ1v) is 8.53. The Kier molecular flexibility index (Phi) is 6.57. The van der Waals surface area contributed by atoms with Crippen molar-refractivity contribution in [1.82, 2.24) is 15.4 Å². The Morgan fingerprint density at radius 3 is 2.71 bits per heavy atom. The van der Waals surface area contributed by atoms with E-state index in [2.05, 4.69) is 20.5 Å². The van der Waals surface area contributed by atoms with Gasteiger partial charge >= 0.3 is 0 Å². The molecule has 1 aromatic carbocycles. The van der Waals surface area contributed by atoms with Gasteiger partial charge in [-0.15, -0.1) is 0 Å². The molecule has 1 aromatic heterocycles. The van der Waals surface area contributed by atoms with Gasteiger partial charge in [0.1, 0.15) is 5.82 Å². The van der Waals surface area contributed by atoms with E-state index in [9.17, 15) is 4.79 Å². The van der Waals surface area contributed by atoms with E-state index in [4.69, 9.17) is 11.6 Å². The van der Waals surface area contributed by atoms with E-state index in [1.165, 1.54) is 11.8 Å². The maximum Gasteiger partial charge on any atom is 0.250 e. The van der Waals surface area contributed by atoms with Gasteiger partial charge in [0.15, 0.2) is 5.16 Å². The highest BCUT2D eigenvalue weighted by Gasteiger charge is 2.07. The van der Waals surface area contributed by atoms with Gasteiger partial charge in [-0.2, -0.15) is 5.10 Å². The van der Waals surface area contributed by atoms with Crippen molar-refractivity contribution >= 4 is 41.3 Å². The lowest BCUT2D eigenvalue weighted by atomic mass is 10.2. The first kappa shape index (κ1) is 18.2. The lowest BCUT2D eigenvalue weighted by Crippen LogP contribution is -2.20. The Morgan fingerprint density at radius 1 is 1.33 bits per heavy atom. The van der Waals surface area contributed by atoms with Crippen molar-refractivity contribution in [3.8, 4) is 0 Å². The third-order valence-corrected chi connectivity index (χ3v) is 3.98. The van der Waals surface area contributed by atoms with Crippen LogP contribution in [0.5, 0.6) is 0 Å². The predicted molar refractivity (Wildman–Crippen MR) is 99.0 cm³/mol. The van der Waals surface area contributed by atoms with Crippen LogP contribution < -0.4 is 10.3 Å². The molecule has 1 N–H and O–H groups in total. The van der Waals surface area contributed by atoms with E-state index in [0.717, 1.165) is 17.1 Å². The average molecular weight is 364 g/mol. The van der Waals surface area contributed by atoms with Crippen LogP contribution in [0.1, 0.15) is 11.3 Å². The Balaban J connectivity index is 1.86. The summed E-state index contributed by atoms with van der Waals surface area (Å²) >= 11 is 7.08. The summed E-state index contributed by atoms with van der Waals surface area (Å²) in [4.78, 5) is 22.4. The van der Waals surface area contributed by atoms with Crippen LogP contribution in [0.2, 0.25) is 5.02 Å². The summed E-state index contributed by atoms with van der Waals surface area (Å²) in [5.74, 6) is 0.779. The van der Waals surface area contributed by atoms with Crippen LogP contribution in [0, 0.1) is 6.92 Å². The van der Waals surface area contributed by atoms with Crippen molar-refractivity contribution in [2.45, 2.75) is 12.1 Å². The molecule has 0 fully saturated rings. The van der Waals surface area contributed by atoms with Gasteiger partial charge in [-0.3, -0.25) is 4.79 Å². The molecule has 2 rings (SSSR count). The highest BCUT2D eigenvalue weighted by molar-refractivity contribution is 7.99. The van der Waals surface area contributed by atoms with E-state index >= 15 is 0 Å². The molecule has 0 bridgehead atoms. The first-order chi connectivity index (χ1) is 11.4. The average Bonchev–Trinajstić information content (AvgIpc) is 2.54. The largest absolute Gasteiger partial charge is 0.363 e. The van der Waals surface area contributed by atoms with Crippen molar-refractivity contribution in [2.75, 3.05) is 24.7 Å². The number of amides is 1. The fourth-order valence-corrected chi connectivity index (χ4v) is 2.53. The summed E-state index contributed by atoms with van der Waals surface area (Å²) in [6.07, 6.45) is 1.56. The van der Waals surface area contributed by atoms with Gasteiger partial charge in [0.25, 0.3) is 5.91 Å². The third kappa shape index (κ3) is 5.82. The van der Waals surface area contributed by atoms with Crippen molar-refractivity contribution < 1.29 is 4.79 Å². The number of halogens is 1. The molecule has 1 amide bonds. The number of rotatable bonds is 6. The van der Waals surface area contributed by atoms with E-state index in [0.29, 0.717) is 10.2 Å². The topological polar surface area (TPSA) is 70.5 Å². The maximum atomic E-state index is 11.8. The Hall–Kier alpha value is -2.12. The van der Waals surface area contributed by atoms with Crippen molar-refractivity contribution in [3.63, 3.8) is 0 Å². The molecule has 0 unspecified atom stereocenters. The van der Waals surface area contributed by atoms with Gasteiger partial charge in [0.05, 0.1) is 12.0 Å². The predicted octanol–water partition coefficient (Wildman–Crippen LogP) is 2.75. The van der Waals surface area contributed by atoms with E-state index in [1.807, 2.05) is 44.1 Å². The number of carbonyl (C=O) groups excluding carboxylic acids is 1. The molecule has 0 aliphatic rings. The molecule has 8 heteroatoms. The number of carbonyl (C=O) groups is 1. The van der Waals surface area contributed by atoms with Gasteiger partial charge < -0.3 is 4.90 Å². The molecule has 0 radical (unpaired) electrons. The molecule has 0 spiro atoms. The van der Waals surface area contributed by atoms with Crippen LogP contribution in [0.25, 0.3) is 0 Å². The van der Waals surface area contributed by atoms with E-state index in [-0.39, 0.29) is 11.7 Å². The highest BCUT2D eigenvalue weighted by Crippen LogP contribution is 2.17. The molecule has 0 atom stereocenters. The number of nitrogens with one attached hydrogen (secondary N) is 1. The van der Waals surface area contributed by atoms with Crippen molar-refractivity contribution in [2.24, 2.45) is 5.10 Å². The second kappa shape index (κ2) is 8.65. The van der Waals surface area contributed by atoms with Crippen LogP contribution >= 0.6 is 23.4 Å². The third-order valence-electron chi connectivity index (χ3n) is 2.88. The highest BCUT2D eigenvalue weighted by atomic mass is 35.5. The van der Waals surface area contributed by atoms with E-state index < -0.39 is 0 Å². The van der Waals surface area contributed by atoms with E-state index in [1.54, 1.807) is 18.3 Å². The van der Waals surface area contributed by atoms with Crippen molar-refractivity contribution in [3.05, 3.63) is 46.6 Å². The lowest BCUT2D eigenvalue weighted by molar-refractivity contribution is -0.118. The van der Waals surface area contributed by atoms with Crippen LogP contribution in [0.15, 0.2) is 40.6 Å². The first-order valence-electron chi connectivity index (χ1n) is 7.17. The number of benzene rings is 1. The van der Waals surface area contributed by atoms with Gasteiger partial charge in [-0.05, 0) is 24.6 Å². The second-order valence-electron chi connectivity index (χ2n) is 5.18. The van der Waals surface area contributed by atoms with Crippen LogP contribution in [0.3, 0.4) is 0 Å². The molecule has 2 aromatic rings. The lowest BCUT2D eigenvalue weighted by Gasteiger charge is -2.12. The maximum absolute atomic E-state index is 11.8. The smallest absolute Gasteiger partial charge is 0.250 e. The fourth-order valence-electron chi connectivity index (χ4n) is 1.71. The van der Waals surface area contributed by atoms with Gasteiger partial charge in [0.2, 0.25) is 0 Å². The molecule has 126 valence electrons. The van der Waals surface area contributed by atoms with Crippen molar-refractivity contribution in [1.29, 1.82) is 0 Å². The number of aryl methyl sites for hydroxylation is 1. The second-order valence-corrected chi connectivity index (χ2v) is 6.56. The molecule has 0 aliphatic heterocycles. The van der Waals surface area contributed by atoms with Gasteiger partial charge in [0, 0.05) is 30.9 Å². The number of hydrogen-bond donors (Lipinski definition) is 1. The molecule has 6 nitrogen and oxygen atoms in total. The minimum absolute atomic E-state index is 0.189. The zero-order chi connectivity index (χ0) is 17.5. The molecule has 0 aliphatic carbocycles. The summed E-state index contributed by atoms with van der Waals surface area (Å²) < 4.78 is 0. The molecule has 0 saturated carbocycles. The fraction of sp³-hybridized carbons (Fsp3) is 0.250. The normalized spacial score (nSPS) is 10.8. The van der Waals surface area contributed by atoms with Crippen LogP contribution in [0.4, 0.5) is 5.82 Å². The Morgan fingerprint density at radius 2 is 2.04 bits per heavy atom. The summed E-state index contributed by atoms with van der Waals surface area (Å²) in [5.41, 5.74) is 4.19. The Bertz CT molecular complexity index is 734. The molecule has 24 heavy (non-hydrogen) atoms.